The first-order valence-electron chi connectivity index (χ1n) is 4.98. The molecule has 0 aliphatic carbocycles. The van der Waals surface area contributed by atoms with Crippen LogP contribution < -0.4 is 5.32 Å². The predicted octanol–water partition coefficient (Wildman–Crippen LogP) is 2.43. The summed E-state index contributed by atoms with van der Waals surface area (Å²) in [7, 11) is 0. The zero-order chi connectivity index (χ0) is 11.4. The van der Waals surface area contributed by atoms with Crippen molar-refractivity contribution < 1.29 is 4.52 Å². The van der Waals surface area contributed by atoms with Crippen molar-refractivity contribution in [2.75, 3.05) is 0 Å². The largest absolute Gasteiger partial charge is 0.340 e. The minimum absolute atomic E-state index is 0.598. The summed E-state index contributed by atoms with van der Waals surface area (Å²) in [5.74, 6) is 1.29. The molecule has 5 heteroatoms. The van der Waals surface area contributed by atoms with Crippen molar-refractivity contribution in [3.05, 3.63) is 46.0 Å². The highest BCUT2D eigenvalue weighted by Gasteiger charge is 2.00. The quantitative estimate of drug-likeness (QED) is 0.935. The Morgan fingerprint density at radius 2 is 2.00 bits per heavy atom. The Morgan fingerprint density at radius 3 is 2.62 bits per heavy atom. The normalized spacial score (nSPS) is 10.6. The molecule has 1 N–H and O–H groups in total. The Morgan fingerprint density at radius 1 is 1.25 bits per heavy atom. The Hall–Kier alpha value is -1.20. The Balaban J connectivity index is 1.82. The second-order valence-corrected chi connectivity index (χ2v) is 4.38. The van der Waals surface area contributed by atoms with Gasteiger partial charge in [0.1, 0.15) is 0 Å². The third-order valence-corrected chi connectivity index (χ3v) is 2.62. The highest BCUT2D eigenvalue weighted by molar-refractivity contribution is 9.10. The van der Waals surface area contributed by atoms with Gasteiger partial charge >= 0.3 is 0 Å². The van der Waals surface area contributed by atoms with E-state index in [9.17, 15) is 0 Å². The number of nitrogens with one attached hydrogen (secondary N) is 1. The molecule has 0 fully saturated rings. The molecular weight excluding hydrogens is 270 g/mol. The standard InChI is InChI=1S/C11H12BrN3O/c1-8-14-11(15-16-8)7-13-6-9-2-4-10(12)5-3-9/h2-5,13H,6-7H2,1H3. The molecule has 84 valence electrons. The number of benzene rings is 1. The highest BCUT2D eigenvalue weighted by atomic mass is 79.9. The van der Waals surface area contributed by atoms with E-state index in [0.29, 0.717) is 18.3 Å². The minimum atomic E-state index is 0.598. The molecular formula is C11H12BrN3O. The van der Waals surface area contributed by atoms with Gasteiger partial charge in [-0.2, -0.15) is 4.98 Å². The molecule has 0 bridgehead atoms. The third-order valence-electron chi connectivity index (χ3n) is 2.10. The second kappa shape index (κ2) is 5.23. The number of halogens is 1. The average molecular weight is 282 g/mol. The minimum Gasteiger partial charge on any atom is -0.340 e. The number of rotatable bonds is 4. The summed E-state index contributed by atoms with van der Waals surface area (Å²) in [5, 5.41) is 7.06. The average Bonchev–Trinajstić information content (AvgIpc) is 2.67. The Bertz CT molecular complexity index is 453. The molecule has 1 aromatic heterocycles. The fourth-order valence-corrected chi connectivity index (χ4v) is 1.60. The van der Waals surface area contributed by atoms with E-state index in [1.165, 1.54) is 5.56 Å². The first-order valence-corrected chi connectivity index (χ1v) is 5.78. The third kappa shape index (κ3) is 3.15. The van der Waals surface area contributed by atoms with E-state index in [0.717, 1.165) is 11.0 Å². The fourth-order valence-electron chi connectivity index (χ4n) is 1.33. The first kappa shape index (κ1) is 11.3. The van der Waals surface area contributed by atoms with Gasteiger partial charge in [-0.25, -0.2) is 0 Å². The molecule has 16 heavy (non-hydrogen) atoms. The van der Waals surface area contributed by atoms with Crippen molar-refractivity contribution in [2.45, 2.75) is 20.0 Å². The van der Waals surface area contributed by atoms with Crippen molar-refractivity contribution in [2.24, 2.45) is 0 Å². The van der Waals surface area contributed by atoms with Crippen LogP contribution >= 0.6 is 15.9 Å². The maximum atomic E-state index is 4.88. The molecule has 0 atom stereocenters. The van der Waals surface area contributed by atoms with E-state index >= 15 is 0 Å². The van der Waals surface area contributed by atoms with E-state index in [2.05, 4.69) is 43.5 Å². The molecule has 1 aromatic carbocycles. The smallest absolute Gasteiger partial charge is 0.223 e. The van der Waals surface area contributed by atoms with Crippen LogP contribution in [0.3, 0.4) is 0 Å². The summed E-state index contributed by atoms with van der Waals surface area (Å²) in [4.78, 5) is 4.11. The molecule has 0 aliphatic heterocycles. The fraction of sp³-hybridized carbons (Fsp3) is 0.273. The molecule has 0 amide bonds. The van der Waals surface area contributed by atoms with Gasteiger partial charge in [0.15, 0.2) is 5.82 Å². The van der Waals surface area contributed by atoms with Crippen LogP contribution in [0.2, 0.25) is 0 Å². The lowest BCUT2D eigenvalue weighted by Crippen LogP contribution is -2.13. The highest BCUT2D eigenvalue weighted by Crippen LogP contribution is 2.10. The monoisotopic (exact) mass is 281 g/mol. The first-order chi connectivity index (χ1) is 7.74. The molecule has 4 nitrogen and oxygen atoms in total. The van der Waals surface area contributed by atoms with Gasteiger partial charge in [0, 0.05) is 17.9 Å². The van der Waals surface area contributed by atoms with Gasteiger partial charge in [-0.3, -0.25) is 0 Å². The lowest BCUT2D eigenvalue weighted by Gasteiger charge is -2.01. The molecule has 0 aliphatic rings. The van der Waals surface area contributed by atoms with Crippen LogP contribution in [-0.2, 0) is 13.1 Å². The van der Waals surface area contributed by atoms with E-state index < -0.39 is 0 Å². The van der Waals surface area contributed by atoms with Crippen LogP contribution in [0.15, 0.2) is 33.3 Å². The maximum Gasteiger partial charge on any atom is 0.223 e. The van der Waals surface area contributed by atoms with E-state index in [1.807, 2.05) is 12.1 Å². The van der Waals surface area contributed by atoms with Gasteiger partial charge in [-0.05, 0) is 17.7 Å². The summed E-state index contributed by atoms with van der Waals surface area (Å²) in [6.07, 6.45) is 0. The van der Waals surface area contributed by atoms with Crippen LogP contribution in [0.1, 0.15) is 17.3 Å². The molecule has 0 radical (unpaired) electrons. The van der Waals surface area contributed by atoms with Gasteiger partial charge in [0.2, 0.25) is 5.89 Å². The van der Waals surface area contributed by atoms with Gasteiger partial charge < -0.3 is 9.84 Å². The van der Waals surface area contributed by atoms with Crippen LogP contribution in [-0.4, -0.2) is 10.1 Å². The van der Waals surface area contributed by atoms with Crippen LogP contribution in [0.4, 0.5) is 0 Å². The van der Waals surface area contributed by atoms with Gasteiger partial charge in [-0.1, -0.05) is 33.2 Å². The van der Waals surface area contributed by atoms with Crippen molar-refractivity contribution in [3.63, 3.8) is 0 Å². The zero-order valence-corrected chi connectivity index (χ0v) is 10.5. The van der Waals surface area contributed by atoms with Gasteiger partial charge in [-0.15, -0.1) is 0 Å². The van der Waals surface area contributed by atoms with E-state index in [4.69, 9.17) is 4.52 Å². The molecule has 0 saturated carbocycles. The lowest BCUT2D eigenvalue weighted by atomic mass is 10.2. The van der Waals surface area contributed by atoms with Gasteiger partial charge in [0.25, 0.3) is 0 Å². The Kier molecular flexibility index (Phi) is 3.69. The molecule has 0 unspecified atom stereocenters. The van der Waals surface area contributed by atoms with Crippen LogP contribution in [0.25, 0.3) is 0 Å². The Labute approximate surface area is 102 Å². The summed E-state index contributed by atoms with van der Waals surface area (Å²) < 4.78 is 5.96. The van der Waals surface area contributed by atoms with Crippen LogP contribution in [0.5, 0.6) is 0 Å². The van der Waals surface area contributed by atoms with Gasteiger partial charge in [0.05, 0.1) is 6.54 Å². The SMILES string of the molecule is Cc1nc(CNCc2ccc(Br)cc2)no1. The number of aromatic nitrogens is 2. The van der Waals surface area contributed by atoms with Crippen molar-refractivity contribution in [1.29, 1.82) is 0 Å². The summed E-state index contributed by atoms with van der Waals surface area (Å²) in [6, 6.07) is 8.18. The predicted molar refractivity (Wildman–Crippen MR) is 63.7 cm³/mol. The summed E-state index contributed by atoms with van der Waals surface area (Å²) in [6.45, 7) is 3.19. The summed E-state index contributed by atoms with van der Waals surface area (Å²) >= 11 is 3.40. The van der Waals surface area contributed by atoms with Crippen molar-refractivity contribution in [1.82, 2.24) is 15.5 Å². The zero-order valence-electron chi connectivity index (χ0n) is 8.90. The van der Waals surface area contributed by atoms with Crippen LogP contribution in [0, 0.1) is 6.92 Å². The van der Waals surface area contributed by atoms with Crippen molar-refractivity contribution in [3.8, 4) is 0 Å². The lowest BCUT2D eigenvalue weighted by molar-refractivity contribution is 0.385. The van der Waals surface area contributed by atoms with E-state index in [-0.39, 0.29) is 0 Å². The maximum absolute atomic E-state index is 4.88. The molecule has 2 aromatic rings. The van der Waals surface area contributed by atoms with E-state index in [1.54, 1.807) is 6.92 Å². The molecule has 0 saturated heterocycles. The molecule has 1 heterocycles. The number of hydrogen-bond donors (Lipinski definition) is 1. The summed E-state index contributed by atoms with van der Waals surface area (Å²) in [5.41, 5.74) is 1.23. The topological polar surface area (TPSA) is 51.0 Å². The number of nitrogens with zero attached hydrogens (tertiary/aromatic N) is 2. The second-order valence-electron chi connectivity index (χ2n) is 3.46. The van der Waals surface area contributed by atoms with Crippen molar-refractivity contribution >= 4 is 15.9 Å². The molecule has 0 spiro atoms. The molecule has 2 rings (SSSR count). The number of aryl methyl sites for hydroxylation is 1. The number of hydrogen-bond acceptors (Lipinski definition) is 4.